The highest BCUT2D eigenvalue weighted by Gasteiger charge is 1.97. The predicted molar refractivity (Wildman–Crippen MR) is 68.1 cm³/mol. The van der Waals surface area contributed by atoms with E-state index >= 15 is 0 Å². The number of hydrogen-bond acceptors (Lipinski definition) is 2. The van der Waals surface area contributed by atoms with Crippen LogP contribution in [0, 0.1) is 3.57 Å². The van der Waals surface area contributed by atoms with Gasteiger partial charge in [-0.25, -0.2) is 0 Å². The quantitative estimate of drug-likeness (QED) is 0.472. The van der Waals surface area contributed by atoms with Crippen LogP contribution in [0.25, 0.3) is 0 Å². The van der Waals surface area contributed by atoms with Crippen molar-refractivity contribution in [2.24, 2.45) is 0 Å². The van der Waals surface area contributed by atoms with E-state index in [1.807, 2.05) is 24.3 Å². The zero-order chi connectivity index (χ0) is 10.4. The van der Waals surface area contributed by atoms with Gasteiger partial charge in [0.15, 0.2) is 0 Å². The van der Waals surface area contributed by atoms with Crippen molar-refractivity contribution in [1.82, 2.24) is 0 Å². The van der Waals surface area contributed by atoms with Gasteiger partial charge in [0.1, 0.15) is 12.4 Å². The van der Waals surface area contributed by atoms with Crippen LogP contribution in [0.3, 0.4) is 0 Å². The molecule has 1 aromatic rings. The number of halogens is 1. The van der Waals surface area contributed by atoms with E-state index in [9.17, 15) is 0 Å². The summed E-state index contributed by atoms with van der Waals surface area (Å²) in [5, 5.41) is 0. The molecule has 0 aromatic heterocycles. The van der Waals surface area contributed by atoms with Gasteiger partial charge in [-0.15, -0.1) is 0 Å². The van der Waals surface area contributed by atoms with E-state index in [0.29, 0.717) is 13.2 Å². The Hall–Kier alpha value is -0.0731. The van der Waals surface area contributed by atoms with E-state index in [1.54, 1.807) is 0 Å². The van der Waals surface area contributed by atoms with Crippen LogP contribution in [0.5, 0.6) is 5.75 Å². The van der Waals surface area contributed by atoms with Gasteiger partial charge in [-0.3, -0.25) is 0 Å². The molecule has 4 heteroatoms. The van der Waals surface area contributed by atoms with Gasteiger partial charge in [-0.2, -0.15) is 0 Å². The maximum Gasteiger partial charge on any atom is 0.205 e. The number of hydrogen-bond donors (Lipinski definition) is 0. The van der Waals surface area contributed by atoms with Gasteiger partial charge in [0.25, 0.3) is 0 Å². The van der Waals surface area contributed by atoms with Crippen molar-refractivity contribution in [1.29, 1.82) is 0 Å². The molecular weight excluding hydrogens is 307 g/mol. The first-order valence-corrected chi connectivity index (χ1v) is 7.98. The van der Waals surface area contributed by atoms with E-state index in [4.69, 9.17) is 9.16 Å². The van der Waals surface area contributed by atoms with E-state index in [-0.39, 0.29) is 0 Å². The zero-order valence-corrected chi connectivity index (χ0v) is 11.6. The lowest BCUT2D eigenvalue weighted by Gasteiger charge is -2.08. The van der Waals surface area contributed by atoms with Crippen LogP contribution in [0.1, 0.15) is 0 Å². The lowest BCUT2D eigenvalue weighted by Crippen LogP contribution is -2.14. The third kappa shape index (κ3) is 4.97. The molecule has 0 fully saturated rings. The van der Waals surface area contributed by atoms with Gasteiger partial charge in [0.2, 0.25) is 9.04 Å². The van der Waals surface area contributed by atoms with Gasteiger partial charge >= 0.3 is 0 Å². The van der Waals surface area contributed by atoms with Crippen molar-refractivity contribution < 1.29 is 9.16 Å². The fourth-order valence-corrected chi connectivity index (χ4v) is 1.97. The molecule has 0 aliphatic rings. The molecule has 0 bridgehead atoms. The zero-order valence-electron chi connectivity index (χ0n) is 8.42. The Morgan fingerprint density at radius 2 is 2.07 bits per heavy atom. The maximum absolute atomic E-state index is 5.52. The topological polar surface area (TPSA) is 18.5 Å². The minimum Gasteiger partial charge on any atom is -0.491 e. The highest BCUT2D eigenvalue weighted by Crippen LogP contribution is 2.14. The normalized spacial score (nSPS) is 10.6. The van der Waals surface area contributed by atoms with Crippen molar-refractivity contribution >= 4 is 31.6 Å². The average Bonchev–Trinajstić information content (AvgIpc) is 2.12. The first kappa shape index (κ1) is 12.0. The maximum atomic E-state index is 5.52. The van der Waals surface area contributed by atoms with Crippen molar-refractivity contribution in [2.75, 3.05) is 13.2 Å². The Labute approximate surface area is 100 Å². The third-order valence-corrected chi connectivity index (χ3v) is 2.99. The number of rotatable bonds is 5. The fourth-order valence-electron chi connectivity index (χ4n) is 0.962. The minimum atomic E-state index is -0.578. The van der Waals surface area contributed by atoms with Crippen LogP contribution in [0.2, 0.25) is 13.1 Å². The van der Waals surface area contributed by atoms with Gasteiger partial charge in [0, 0.05) is 3.57 Å². The Morgan fingerprint density at radius 1 is 1.29 bits per heavy atom. The van der Waals surface area contributed by atoms with Crippen LogP contribution in [-0.2, 0) is 4.43 Å². The molecule has 0 amide bonds. The summed E-state index contributed by atoms with van der Waals surface area (Å²) in [6.07, 6.45) is 0. The summed E-state index contributed by atoms with van der Waals surface area (Å²) in [5.74, 6) is 0.918. The summed E-state index contributed by atoms with van der Waals surface area (Å²) in [6.45, 7) is 5.56. The summed E-state index contributed by atoms with van der Waals surface area (Å²) in [7, 11) is -0.578. The summed E-state index contributed by atoms with van der Waals surface area (Å²) >= 11 is 2.27. The Kier molecular flexibility index (Phi) is 5.50. The molecule has 0 aliphatic heterocycles. The monoisotopic (exact) mass is 321 g/mol. The van der Waals surface area contributed by atoms with Crippen LogP contribution in [0.15, 0.2) is 24.3 Å². The van der Waals surface area contributed by atoms with Gasteiger partial charge in [0.05, 0.1) is 6.61 Å². The second-order valence-corrected chi connectivity index (χ2v) is 6.41. The highest BCUT2D eigenvalue weighted by atomic mass is 127. The number of ether oxygens (including phenoxy) is 1. The summed E-state index contributed by atoms with van der Waals surface area (Å²) in [6, 6.07) is 8.02. The molecule has 2 nitrogen and oxygen atoms in total. The largest absolute Gasteiger partial charge is 0.491 e. The van der Waals surface area contributed by atoms with Gasteiger partial charge in [-0.05, 0) is 53.9 Å². The molecule has 0 heterocycles. The van der Waals surface area contributed by atoms with E-state index in [1.165, 1.54) is 3.57 Å². The first-order chi connectivity index (χ1) is 6.68. The molecule has 14 heavy (non-hydrogen) atoms. The molecule has 1 aromatic carbocycles. The summed E-state index contributed by atoms with van der Waals surface area (Å²) in [4.78, 5) is 0. The number of benzene rings is 1. The van der Waals surface area contributed by atoms with Crippen molar-refractivity contribution in [2.45, 2.75) is 13.1 Å². The van der Waals surface area contributed by atoms with E-state index in [2.05, 4.69) is 35.7 Å². The van der Waals surface area contributed by atoms with Crippen LogP contribution in [0.4, 0.5) is 0 Å². The SMILES string of the molecule is C[Si](C)OCCOc1cccc(I)c1. The van der Waals surface area contributed by atoms with Crippen LogP contribution < -0.4 is 4.74 Å². The lowest BCUT2D eigenvalue weighted by atomic mass is 10.3. The van der Waals surface area contributed by atoms with Crippen LogP contribution in [-0.4, -0.2) is 22.3 Å². The van der Waals surface area contributed by atoms with Crippen LogP contribution >= 0.6 is 22.6 Å². The second-order valence-electron chi connectivity index (χ2n) is 3.06. The summed E-state index contributed by atoms with van der Waals surface area (Å²) < 4.78 is 12.2. The highest BCUT2D eigenvalue weighted by molar-refractivity contribution is 14.1. The first-order valence-electron chi connectivity index (χ1n) is 4.50. The van der Waals surface area contributed by atoms with E-state index in [0.717, 1.165) is 5.75 Å². The molecular formula is C10H14IO2Si. The van der Waals surface area contributed by atoms with Crippen molar-refractivity contribution in [3.05, 3.63) is 27.8 Å². The van der Waals surface area contributed by atoms with Crippen molar-refractivity contribution in [3.63, 3.8) is 0 Å². The molecule has 0 N–H and O–H groups in total. The Morgan fingerprint density at radius 3 is 2.71 bits per heavy atom. The average molecular weight is 321 g/mol. The minimum absolute atomic E-state index is 0.578. The lowest BCUT2D eigenvalue weighted by molar-refractivity contribution is 0.219. The molecule has 0 saturated heterocycles. The van der Waals surface area contributed by atoms with Gasteiger partial charge < -0.3 is 9.16 Å². The molecule has 0 saturated carbocycles. The predicted octanol–water partition coefficient (Wildman–Crippen LogP) is 2.94. The standard InChI is InChI=1S/C10H14IO2Si/c1-14(2)13-7-6-12-10-5-3-4-9(11)8-10/h3-5,8H,6-7H2,1-2H3. The van der Waals surface area contributed by atoms with Gasteiger partial charge in [-0.1, -0.05) is 6.07 Å². The molecule has 1 radical (unpaired) electrons. The molecule has 1 rings (SSSR count). The molecule has 0 atom stereocenters. The molecule has 0 spiro atoms. The molecule has 0 aliphatic carbocycles. The second kappa shape index (κ2) is 6.42. The third-order valence-electron chi connectivity index (χ3n) is 1.54. The Balaban J connectivity index is 2.25. The summed E-state index contributed by atoms with van der Waals surface area (Å²) in [5.41, 5.74) is 0. The van der Waals surface area contributed by atoms with Crippen molar-refractivity contribution in [3.8, 4) is 5.75 Å². The van der Waals surface area contributed by atoms with E-state index < -0.39 is 9.04 Å². The Bertz CT molecular complexity index is 279. The smallest absolute Gasteiger partial charge is 0.205 e. The molecule has 77 valence electrons. The molecule has 0 unspecified atom stereocenters. The fraction of sp³-hybridized carbons (Fsp3) is 0.400.